The van der Waals surface area contributed by atoms with Crippen LogP contribution in [0.15, 0.2) is 12.1 Å². The van der Waals surface area contributed by atoms with Gasteiger partial charge in [-0.25, -0.2) is 4.39 Å². The minimum atomic E-state index is -0.742. The van der Waals surface area contributed by atoms with Crippen LogP contribution in [0.25, 0.3) is 0 Å². The first-order chi connectivity index (χ1) is 8.32. The first-order valence-corrected chi connectivity index (χ1v) is 5.37. The van der Waals surface area contributed by atoms with Crippen LogP contribution in [0.1, 0.15) is 15.9 Å². The number of aryl methyl sites for hydroxylation is 1. The molecule has 0 spiro atoms. The van der Waals surface area contributed by atoms with E-state index < -0.39 is 11.7 Å². The Morgan fingerprint density at radius 3 is 2.50 bits per heavy atom. The number of anilines is 1. The van der Waals surface area contributed by atoms with E-state index in [1.54, 1.807) is 21.0 Å². The number of hydrogen-bond donors (Lipinski definition) is 2. The van der Waals surface area contributed by atoms with Crippen molar-refractivity contribution in [2.24, 2.45) is 5.73 Å². The maximum absolute atomic E-state index is 13.3. The van der Waals surface area contributed by atoms with Crippen molar-refractivity contribution in [1.29, 1.82) is 0 Å². The molecule has 98 valence electrons. The van der Waals surface area contributed by atoms with Crippen LogP contribution in [0.4, 0.5) is 10.1 Å². The molecule has 6 heteroatoms. The van der Waals surface area contributed by atoms with Crippen LogP contribution in [-0.4, -0.2) is 37.4 Å². The van der Waals surface area contributed by atoms with E-state index in [1.165, 1.54) is 11.0 Å². The lowest BCUT2D eigenvalue weighted by atomic mass is 10.1. The van der Waals surface area contributed by atoms with Crippen molar-refractivity contribution in [1.82, 2.24) is 4.90 Å². The molecule has 0 radical (unpaired) electrons. The standard InChI is InChI=1S/C12H16FN3O2/c1-7-4-10(15-6-11(17)16(2)3)8(12(14)18)5-9(7)13/h4-5,15H,6H2,1-3H3,(H2,14,18). The summed E-state index contributed by atoms with van der Waals surface area (Å²) in [5.74, 6) is -1.41. The number of carbonyl (C=O) groups is 2. The van der Waals surface area contributed by atoms with Crippen LogP contribution in [0, 0.1) is 12.7 Å². The minimum Gasteiger partial charge on any atom is -0.375 e. The Bertz CT molecular complexity index is 486. The van der Waals surface area contributed by atoms with E-state index in [4.69, 9.17) is 5.73 Å². The molecule has 0 aliphatic carbocycles. The van der Waals surface area contributed by atoms with Crippen molar-refractivity contribution in [2.45, 2.75) is 6.92 Å². The Kier molecular flexibility index (Phi) is 4.25. The topological polar surface area (TPSA) is 75.4 Å². The molecule has 0 heterocycles. The van der Waals surface area contributed by atoms with Crippen molar-refractivity contribution in [3.8, 4) is 0 Å². The fraction of sp³-hybridized carbons (Fsp3) is 0.333. The minimum absolute atomic E-state index is 0.0123. The van der Waals surface area contributed by atoms with E-state index in [0.717, 1.165) is 6.07 Å². The highest BCUT2D eigenvalue weighted by Crippen LogP contribution is 2.20. The molecule has 0 aliphatic heterocycles. The van der Waals surface area contributed by atoms with Crippen molar-refractivity contribution >= 4 is 17.5 Å². The SMILES string of the molecule is Cc1cc(NCC(=O)N(C)C)c(C(N)=O)cc1F. The first kappa shape index (κ1) is 14.0. The van der Waals surface area contributed by atoms with Gasteiger partial charge in [0, 0.05) is 19.8 Å². The molecule has 5 nitrogen and oxygen atoms in total. The van der Waals surface area contributed by atoms with E-state index in [1.807, 2.05) is 0 Å². The van der Waals surface area contributed by atoms with Gasteiger partial charge in [-0.3, -0.25) is 9.59 Å². The highest BCUT2D eigenvalue weighted by molar-refractivity contribution is 5.99. The largest absolute Gasteiger partial charge is 0.375 e. The number of likely N-dealkylation sites (N-methyl/N-ethyl adjacent to an activating group) is 1. The third kappa shape index (κ3) is 3.19. The van der Waals surface area contributed by atoms with E-state index in [9.17, 15) is 14.0 Å². The smallest absolute Gasteiger partial charge is 0.250 e. The number of nitrogens with one attached hydrogen (secondary N) is 1. The number of amides is 2. The number of halogens is 1. The van der Waals surface area contributed by atoms with Crippen molar-refractivity contribution in [3.05, 3.63) is 29.1 Å². The Morgan fingerprint density at radius 1 is 1.39 bits per heavy atom. The van der Waals surface area contributed by atoms with Crippen LogP contribution in [0.3, 0.4) is 0 Å². The second-order valence-electron chi connectivity index (χ2n) is 4.15. The van der Waals surface area contributed by atoms with Gasteiger partial charge >= 0.3 is 0 Å². The number of nitrogens with zero attached hydrogens (tertiary/aromatic N) is 1. The molecule has 0 unspecified atom stereocenters. The zero-order chi connectivity index (χ0) is 13.9. The summed E-state index contributed by atoms with van der Waals surface area (Å²) in [6.45, 7) is 1.58. The average Bonchev–Trinajstić information content (AvgIpc) is 2.29. The number of carbonyl (C=O) groups excluding carboxylic acids is 2. The predicted octanol–water partition coefficient (Wildman–Crippen LogP) is 0.733. The lowest BCUT2D eigenvalue weighted by Gasteiger charge is -2.14. The number of rotatable bonds is 4. The maximum Gasteiger partial charge on any atom is 0.250 e. The van der Waals surface area contributed by atoms with Crippen LogP contribution < -0.4 is 11.1 Å². The van der Waals surface area contributed by atoms with Gasteiger partial charge in [0.1, 0.15) is 5.82 Å². The van der Waals surface area contributed by atoms with Gasteiger partial charge in [-0.05, 0) is 24.6 Å². The molecule has 0 atom stereocenters. The monoisotopic (exact) mass is 253 g/mol. The molecular formula is C12H16FN3O2. The van der Waals surface area contributed by atoms with Crippen molar-refractivity contribution in [3.63, 3.8) is 0 Å². The molecule has 1 aromatic carbocycles. The van der Waals surface area contributed by atoms with Crippen LogP contribution in [-0.2, 0) is 4.79 Å². The Balaban J connectivity index is 2.97. The summed E-state index contributed by atoms with van der Waals surface area (Å²) in [6.07, 6.45) is 0. The Morgan fingerprint density at radius 2 is 2.00 bits per heavy atom. The van der Waals surface area contributed by atoms with Gasteiger partial charge in [0.25, 0.3) is 5.91 Å². The summed E-state index contributed by atoms with van der Waals surface area (Å²) in [7, 11) is 3.24. The third-order valence-electron chi connectivity index (χ3n) is 2.49. The Labute approximate surface area is 105 Å². The van der Waals surface area contributed by atoms with Gasteiger partial charge in [0.05, 0.1) is 12.1 Å². The highest BCUT2D eigenvalue weighted by atomic mass is 19.1. The van der Waals surface area contributed by atoms with E-state index in [2.05, 4.69) is 5.32 Å². The molecule has 18 heavy (non-hydrogen) atoms. The normalized spacial score (nSPS) is 10.0. The van der Waals surface area contributed by atoms with Crippen molar-refractivity contribution < 1.29 is 14.0 Å². The molecule has 1 aromatic rings. The summed E-state index contributed by atoms with van der Waals surface area (Å²) >= 11 is 0. The van der Waals surface area contributed by atoms with Crippen molar-refractivity contribution in [2.75, 3.05) is 26.0 Å². The second-order valence-corrected chi connectivity index (χ2v) is 4.15. The molecule has 0 saturated carbocycles. The molecule has 0 aromatic heterocycles. The van der Waals surface area contributed by atoms with Crippen LogP contribution in [0.2, 0.25) is 0 Å². The zero-order valence-corrected chi connectivity index (χ0v) is 10.6. The molecule has 0 saturated heterocycles. The van der Waals surface area contributed by atoms with E-state index >= 15 is 0 Å². The fourth-order valence-corrected chi connectivity index (χ4v) is 1.36. The summed E-state index contributed by atoms with van der Waals surface area (Å²) in [4.78, 5) is 24.0. The summed E-state index contributed by atoms with van der Waals surface area (Å²) < 4.78 is 13.3. The average molecular weight is 253 g/mol. The first-order valence-electron chi connectivity index (χ1n) is 5.37. The molecular weight excluding hydrogens is 237 g/mol. The number of benzene rings is 1. The summed E-state index contributed by atoms with van der Waals surface area (Å²) in [6, 6.07) is 2.53. The van der Waals surface area contributed by atoms with Gasteiger partial charge in [-0.15, -0.1) is 0 Å². The zero-order valence-electron chi connectivity index (χ0n) is 10.6. The van der Waals surface area contributed by atoms with E-state index in [0.29, 0.717) is 11.3 Å². The number of hydrogen-bond acceptors (Lipinski definition) is 3. The van der Waals surface area contributed by atoms with E-state index in [-0.39, 0.29) is 18.0 Å². The fourth-order valence-electron chi connectivity index (χ4n) is 1.36. The Hall–Kier alpha value is -2.11. The highest BCUT2D eigenvalue weighted by Gasteiger charge is 2.13. The molecule has 3 N–H and O–H groups in total. The molecule has 1 rings (SSSR count). The lowest BCUT2D eigenvalue weighted by Crippen LogP contribution is -2.29. The predicted molar refractivity (Wildman–Crippen MR) is 66.8 cm³/mol. The molecule has 0 fully saturated rings. The lowest BCUT2D eigenvalue weighted by molar-refractivity contribution is -0.126. The van der Waals surface area contributed by atoms with Crippen LogP contribution in [0.5, 0.6) is 0 Å². The number of nitrogens with two attached hydrogens (primary N) is 1. The molecule has 0 bridgehead atoms. The summed E-state index contributed by atoms with van der Waals surface area (Å²) in [5, 5.41) is 2.79. The third-order valence-corrected chi connectivity index (χ3v) is 2.49. The molecule has 0 aliphatic rings. The second kappa shape index (κ2) is 5.48. The molecule has 2 amide bonds. The van der Waals surface area contributed by atoms with Gasteiger partial charge in [-0.2, -0.15) is 0 Å². The quantitative estimate of drug-likeness (QED) is 0.830. The maximum atomic E-state index is 13.3. The van der Waals surface area contributed by atoms with Crippen LogP contribution >= 0.6 is 0 Å². The van der Waals surface area contributed by atoms with Gasteiger partial charge in [0.15, 0.2) is 0 Å². The number of primary amides is 1. The van der Waals surface area contributed by atoms with Gasteiger partial charge in [0.2, 0.25) is 5.91 Å². The van der Waals surface area contributed by atoms with Gasteiger partial charge < -0.3 is 16.0 Å². The van der Waals surface area contributed by atoms with Gasteiger partial charge in [-0.1, -0.05) is 0 Å². The summed E-state index contributed by atoms with van der Waals surface area (Å²) in [5.41, 5.74) is 5.92.